The van der Waals surface area contributed by atoms with E-state index in [-0.39, 0.29) is 17.9 Å². The Labute approximate surface area is 97.8 Å². The van der Waals surface area contributed by atoms with Gasteiger partial charge < -0.3 is 11.1 Å². The maximum Gasteiger partial charge on any atom is 0.230 e. The Balaban J connectivity index is 4.30. The molecule has 0 aromatic carbocycles. The summed E-state index contributed by atoms with van der Waals surface area (Å²) < 4.78 is 0. The van der Waals surface area contributed by atoms with Crippen molar-refractivity contribution >= 4 is 23.1 Å². The summed E-state index contributed by atoms with van der Waals surface area (Å²) in [6, 6.07) is 0.242. The van der Waals surface area contributed by atoms with E-state index in [1.807, 2.05) is 6.92 Å². The van der Waals surface area contributed by atoms with Gasteiger partial charge in [0.1, 0.15) is 0 Å². The molecule has 0 aromatic heterocycles. The normalized spacial score (nSPS) is 12.5. The SMILES string of the molecule is CCCC(C(=O)NC(CC)CC)C(N)=S. The van der Waals surface area contributed by atoms with Gasteiger partial charge in [-0.15, -0.1) is 0 Å². The molecule has 0 saturated heterocycles. The van der Waals surface area contributed by atoms with Gasteiger partial charge in [0, 0.05) is 6.04 Å². The van der Waals surface area contributed by atoms with E-state index in [9.17, 15) is 4.79 Å². The topological polar surface area (TPSA) is 55.1 Å². The Morgan fingerprint density at radius 3 is 2.20 bits per heavy atom. The van der Waals surface area contributed by atoms with Gasteiger partial charge in [-0.05, 0) is 19.3 Å². The van der Waals surface area contributed by atoms with Gasteiger partial charge >= 0.3 is 0 Å². The average Bonchev–Trinajstić information content (AvgIpc) is 2.21. The van der Waals surface area contributed by atoms with Crippen molar-refractivity contribution in [2.45, 2.75) is 52.5 Å². The lowest BCUT2D eigenvalue weighted by Crippen LogP contribution is -2.42. The Kier molecular flexibility index (Phi) is 7.30. The molecule has 0 heterocycles. The van der Waals surface area contributed by atoms with E-state index in [4.69, 9.17) is 18.0 Å². The molecule has 4 heteroatoms. The van der Waals surface area contributed by atoms with Crippen molar-refractivity contribution in [2.75, 3.05) is 0 Å². The summed E-state index contributed by atoms with van der Waals surface area (Å²) in [5, 5.41) is 2.98. The van der Waals surface area contributed by atoms with E-state index < -0.39 is 0 Å². The van der Waals surface area contributed by atoms with Crippen LogP contribution in [0.3, 0.4) is 0 Å². The van der Waals surface area contributed by atoms with Crippen LogP contribution in [0.25, 0.3) is 0 Å². The molecular weight excluding hydrogens is 208 g/mol. The van der Waals surface area contributed by atoms with E-state index in [0.29, 0.717) is 4.99 Å². The monoisotopic (exact) mass is 230 g/mol. The number of hydrogen-bond acceptors (Lipinski definition) is 2. The molecule has 3 nitrogen and oxygen atoms in total. The molecular formula is C11H22N2OS. The highest BCUT2D eigenvalue weighted by Gasteiger charge is 2.21. The third kappa shape index (κ3) is 5.11. The fourth-order valence-corrected chi connectivity index (χ4v) is 1.71. The summed E-state index contributed by atoms with van der Waals surface area (Å²) >= 11 is 4.90. The molecule has 0 spiro atoms. The first-order valence-electron chi connectivity index (χ1n) is 5.66. The van der Waals surface area contributed by atoms with Gasteiger partial charge in [0.2, 0.25) is 5.91 Å². The maximum atomic E-state index is 11.8. The van der Waals surface area contributed by atoms with E-state index in [1.54, 1.807) is 0 Å². The van der Waals surface area contributed by atoms with Crippen molar-refractivity contribution < 1.29 is 4.79 Å². The summed E-state index contributed by atoms with van der Waals surface area (Å²) in [4.78, 5) is 12.1. The molecule has 0 aliphatic heterocycles. The number of carbonyl (C=O) groups excluding carboxylic acids is 1. The second kappa shape index (κ2) is 7.63. The fourth-order valence-electron chi connectivity index (χ4n) is 1.49. The third-order valence-corrected chi connectivity index (χ3v) is 2.85. The largest absolute Gasteiger partial charge is 0.393 e. The van der Waals surface area contributed by atoms with Gasteiger partial charge in [-0.25, -0.2) is 0 Å². The van der Waals surface area contributed by atoms with Crippen LogP contribution < -0.4 is 11.1 Å². The Morgan fingerprint density at radius 2 is 1.87 bits per heavy atom. The van der Waals surface area contributed by atoms with Crippen molar-refractivity contribution in [3.05, 3.63) is 0 Å². The number of carbonyl (C=O) groups is 1. The zero-order chi connectivity index (χ0) is 11.8. The van der Waals surface area contributed by atoms with E-state index >= 15 is 0 Å². The second-order valence-electron chi connectivity index (χ2n) is 3.77. The molecule has 88 valence electrons. The van der Waals surface area contributed by atoms with Gasteiger partial charge in [-0.3, -0.25) is 4.79 Å². The van der Waals surface area contributed by atoms with E-state index in [1.165, 1.54) is 0 Å². The molecule has 0 radical (unpaired) electrons. The van der Waals surface area contributed by atoms with Crippen LogP contribution >= 0.6 is 12.2 Å². The predicted octanol–water partition coefficient (Wildman–Crippen LogP) is 1.99. The highest BCUT2D eigenvalue weighted by Crippen LogP contribution is 2.08. The van der Waals surface area contributed by atoms with E-state index in [0.717, 1.165) is 25.7 Å². The lowest BCUT2D eigenvalue weighted by molar-refractivity contribution is -0.123. The average molecular weight is 230 g/mol. The molecule has 0 fully saturated rings. The van der Waals surface area contributed by atoms with Crippen molar-refractivity contribution in [3.8, 4) is 0 Å². The molecule has 3 N–H and O–H groups in total. The van der Waals surface area contributed by atoms with Gasteiger partial charge in [-0.2, -0.15) is 0 Å². The Hall–Kier alpha value is -0.640. The van der Waals surface area contributed by atoms with Crippen LogP contribution in [0, 0.1) is 5.92 Å². The van der Waals surface area contributed by atoms with Crippen LogP contribution in [0.1, 0.15) is 46.5 Å². The summed E-state index contributed by atoms with van der Waals surface area (Å²) in [7, 11) is 0. The first kappa shape index (κ1) is 14.4. The van der Waals surface area contributed by atoms with Crippen LogP contribution in [0.15, 0.2) is 0 Å². The van der Waals surface area contributed by atoms with Gasteiger partial charge in [0.05, 0.1) is 10.9 Å². The molecule has 0 aliphatic rings. The summed E-state index contributed by atoms with van der Waals surface area (Å²) in [6.45, 7) is 6.14. The Morgan fingerprint density at radius 1 is 1.33 bits per heavy atom. The highest BCUT2D eigenvalue weighted by molar-refractivity contribution is 7.80. The fraction of sp³-hybridized carbons (Fsp3) is 0.818. The number of nitrogens with two attached hydrogens (primary N) is 1. The van der Waals surface area contributed by atoms with Crippen molar-refractivity contribution in [2.24, 2.45) is 11.7 Å². The predicted molar refractivity (Wildman–Crippen MR) is 67.7 cm³/mol. The molecule has 1 amide bonds. The first-order chi connectivity index (χ1) is 7.06. The van der Waals surface area contributed by atoms with Crippen LogP contribution in [-0.4, -0.2) is 16.9 Å². The zero-order valence-corrected chi connectivity index (χ0v) is 10.7. The number of rotatable bonds is 7. The van der Waals surface area contributed by atoms with Crippen molar-refractivity contribution in [3.63, 3.8) is 0 Å². The highest BCUT2D eigenvalue weighted by atomic mass is 32.1. The smallest absolute Gasteiger partial charge is 0.230 e. The molecule has 0 saturated carbocycles. The molecule has 1 unspecified atom stereocenters. The number of thiocarbonyl (C=S) groups is 1. The minimum absolute atomic E-state index is 0.0157. The molecule has 1 atom stereocenters. The zero-order valence-electron chi connectivity index (χ0n) is 9.88. The maximum absolute atomic E-state index is 11.8. The van der Waals surface area contributed by atoms with Crippen LogP contribution in [-0.2, 0) is 4.79 Å². The number of hydrogen-bond donors (Lipinski definition) is 2. The van der Waals surface area contributed by atoms with Crippen molar-refractivity contribution in [1.82, 2.24) is 5.32 Å². The van der Waals surface area contributed by atoms with Crippen LogP contribution in [0.5, 0.6) is 0 Å². The minimum Gasteiger partial charge on any atom is -0.393 e. The molecule has 15 heavy (non-hydrogen) atoms. The summed E-state index contributed by atoms with van der Waals surface area (Å²) in [6.07, 6.45) is 3.54. The van der Waals surface area contributed by atoms with Crippen molar-refractivity contribution in [1.29, 1.82) is 0 Å². The van der Waals surface area contributed by atoms with Gasteiger partial charge in [0.25, 0.3) is 0 Å². The number of nitrogens with one attached hydrogen (secondary N) is 1. The first-order valence-corrected chi connectivity index (χ1v) is 6.07. The van der Waals surface area contributed by atoms with E-state index in [2.05, 4.69) is 19.2 Å². The summed E-state index contributed by atoms with van der Waals surface area (Å²) in [5.74, 6) is -0.316. The lowest BCUT2D eigenvalue weighted by atomic mass is 10.0. The number of amides is 1. The molecule has 0 aromatic rings. The standard InChI is InChI=1S/C11H22N2OS/c1-4-7-9(10(12)15)11(14)13-8(5-2)6-3/h8-9H,4-7H2,1-3H3,(H2,12,15)(H,13,14). The molecule has 0 bridgehead atoms. The minimum atomic E-state index is -0.300. The van der Waals surface area contributed by atoms with Gasteiger partial charge in [-0.1, -0.05) is 39.4 Å². The van der Waals surface area contributed by atoms with Crippen LogP contribution in [0.2, 0.25) is 0 Å². The quantitative estimate of drug-likeness (QED) is 0.658. The lowest BCUT2D eigenvalue weighted by Gasteiger charge is -2.19. The second-order valence-corrected chi connectivity index (χ2v) is 4.24. The van der Waals surface area contributed by atoms with Gasteiger partial charge in [0.15, 0.2) is 0 Å². The Bertz CT molecular complexity index is 215. The molecule has 0 rings (SSSR count). The third-order valence-electron chi connectivity index (χ3n) is 2.57. The van der Waals surface area contributed by atoms with Crippen LogP contribution in [0.4, 0.5) is 0 Å². The summed E-state index contributed by atoms with van der Waals surface area (Å²) in [5.41, 5.74) is 5.55. The molecule has 0 aliphatic carbocycles.